The van der Waals surface area contributed by atoms with Crippen molar-refractivity contribution in [3.63, 3.8) is 0 Å². The molecule has 1 heterocycles. The predicted molar refractivity (Wildman–Crippen MR) is 106 cm³/mol. The predicted octanol–water partition coefficient (Wildman–Crippen LogP) is 4.35. The quantitative estimate of drug-likeness (QED) is 0.615. The van der Waals surface area contributed by atoms with Gasteiger partial charge in [0.25, 0.3) is 0 Å². The molecule has 0 aliphatic carbocycles. The molecule has 0 atom stereocenters. The fourth-order valence-electron chi connectivity index (χ4n) is 3.61. The van der Waals surface area contributed by atoms with Gasteiger partial charge in [0.05, 0.1) is 19.1 Å². The number of piperidine rings is 1. The number of benzene rings is 2. The van der Waals surface area contributed by atoms with Crippen LogP contribution in [-0.2, 0) is 14.3 Å². The summed E-state index contributed by atoms with van der Waals surface area (Å²) in [5.74, 6) is -0.735. The zero-order valence-corrected chi connectivity index (χ0v) is 16.7. The molecule has 0 unspecified atom stereocenters. The summed E-state index contributed by atoms with van der Waals surface area (Å²) in [4.78, 5) is 14.1. The summed E-state index contributed by atoms with van der Waals surface area (Å²) in [6, 6.07) is 12.3. The van der Waals surface area contributed by atoms with Crippen molar-refractivity contribution in [3.8, 4) is 0 Å². The summed E-state index contributed by atoms with van der Waals surface area (Å²) in [7, 11) is 0. The molecule has 0 radical (unpaired) electrons. The van der Waals surface area contributed by atoms with E-state index in [2.05, 4.69) is 4.90 Å². The van der Waals surface area contributed by atoms with Crippen molar-refractivity contribution in [2.45, 2.75) is 25.9 Å². The minimum atomic E-state index is -0.395. The van der Waals surface area contributed by atoms with E-state index in [1.807, 2.05) is 6.92 Å². The lowest BCUT2D eigenvalue weighted by Gasteiger charge is -2.31. The Hall–Kier alpha value is -2.31. The molecule has 2 aromatic carbocycles. The smallest absolute Gasteiger partial charge is 0.309 e. The van der Waals surface area contributed by atoms with Gasteiger partial charge in [-0.15, -0.1) is 0 Å². The zero-order chi connectivity index (χ0) is 20.6. The number of nitrogens with zero attached hydrogens (tertiary/aromatic N) is 1. The van der Waals surface area contributed by atoms with E-state index in [0.717, 1.165) is 43.6 Å². The lowest BCUT2D eigenvalue weighted by atomic mass is 9.97. The first kappa shape index (κ1) is 21.4. The molecule has 4 nitrogen and oxygen atoms in total. The summed E-state index contributed by atoms with van der Waals surface area (Å²) in [6.07, 6.45) is 1.18. The van der Waals surface area contributed by atoms with Gasteiger partial charge in [-0.05, 0) is 68.2 Å². The first-order chi connectivity index (χ1) is 14.1. The largest absolute Gasteiger partial charge is 0.466 e. The number of hydrogen-bond donors (Lipinski definition) is 0. The van der Waals surface area contributed by atoms with Crippen LogP contribution >= 0.6 is 0 Å². The van der Waals surface area contributed by atoms with E-state index in [4.69, 9.17) is 9.47 Å². The van der Waals surface area contributed by atoms with Gasteiger partial charge in [-0.3, -0.25) is 4.79 Å². The fraction of sp³-hybridized carbons (Fsp3) is 0.435. The second kappa shape index (κ2) is 10.5. The van der Waals surface area contributed by atoms with Crippen LogP contribution in [0.3, 0.4) is 0 Å². The van der Waals surface area contributed by atoms with Crippen LogP contribution in [0, 0.1) is 17.6 Å². The summed E-state index contributed by atoms with van der Waals surface area (Å²) < 4.78 is 37.9. The van der Waals surface area contributed by atoms with Crippen molar-refractivity contribution < 1.29 is 23.0 Å². The SMILES string of the molecule is CCOC(=O)C1CCN(CCOC(c2ccc(F)cc2)c2ccc(F)cc2)CC1. The van der Waals surface area contributed by atoms with Gasteiger partial charge in [0, 0.05) is 6.54 Å². The summed E-state index contributed by atoms with van der Waals surface area (Å²) >= 11 is 0. The lowest BCUT2D eigenvalue weighted by molar-refractivity contribution is -0.149. The van der Waals surface area contributed by atoms with Crippen LogP contribution in [0.4, 0.5) is 8.78 Å². The van der Waals surface area contributed by atoms with Gasteiger partial charge in [-0.25, -0.2) is 8.78 Å². The molecule has 3 rings (SSSR count). The molecule has 1 saturated heterocycles. The molecule has 0 aromatic heterocycles. The van der Waals surface area contributed by atoms with Gasteiger partial charge in [0.15, 0.2) is 0 Å². The maximum Gasteiger partial charge on any atom is 0.309 e. The summed E-state index contributed by atoms with van der Waals surface area (Å²) in [6.45, 7) is 5.09. The molecule has 29 heavy (non-hydrogen) atoms. The van der Waals surface area contributed by atoms with Crippen molar-refractivity contribution in [3.05, 3.63) is 71.3 Å². The minimum Gasteiger partial charge on any atom is -0.466 e. The summed E-state index contributed by atoms with van der Waals surface area (Å²) in [5.41, 5.74) is 1.64. The highest BCUT2D eigenvalue weighted by Gasteiger charge is 2.26. The van der Waals surface area contributed by atoms with E-state index in [1.165, 1.54) is 24.3 Å². The molecular weight excluding hydrogens is 376 g/mol. The Kier molecular flexibility index (Phi) is 7.72. The van der Waals surface area contributed by atoms with E-state index < -0.39 is 6.10 Å². The second-order valence-corrected chi connectivity index (χ2v) is 7.22. The molecule has 0 N–H and O–H groups in total. The van der Waals surface area contributed by atoms with Crippen molar-refractivity contribution in [1.82, 2.24) is 4.90 Å². The van der Waals surface area contributed by atoms with Crippen molar-refractivity contribution >= 4 is 5.97 Å². The van der Waals surface area contributed by atoms with Crippen LogP contribution in [0.1, 0.15) is 37.0 Å². The summed E-state index contributed by atoms with van der Waals surface area (Å²) in [5, 5.41) is 0. The van der Waals surface area contributed by atoms with Crippen molar-refractivity contribution in [2.24, 2.45) is 5.92 Å². The van der Waals surface area contributed by atoms with Gasteiger partial charge in [-0.1, -0.05) is 24.3 Å². The number of halogens is 2. The van der Waals surface area contributed by atoms with Crippen LogP contribution in [0.5, 0.6) is 0 Å². The van der Waals surface area contributed by atoms with E-state index in [-0.39, 0.29) is 23.5 Å². The van der Waals surface area contributed by atoms with Gasteiger partial charge < -0.3 is 14.4 Å². The standard InChI is InChI=1S/C23H27F2NO3/c1-2-28-23(27)19-11-13-26(14-12-19)15-16-29-22(17-3-7-20(24)8-4-17)18-5-9-21(25)10-6-18/h3-10,19,22H,2,11-16H2,1H3. The van der Waals surface area contributed by atoms with Crippen molar-refractivity contribution in [2.75, 3.05) is 32.8 Å². The van der Waals surface area contributed by atoms with E-state index >= 15 is 0 Å². The number of carbonyl (C=O) groups is 1. The Bertz CT molecular complexity index is 726. The highest BCUT2D eigenvalue weighted by molar-refractivity contribution is 5.72. The maximum atomic E-state index is 13.3. The van der Waals surface area contributed by atoms with Crippen molar-refractivity contribution in [1.29, 1.82) is 0 Å². The highest BCUT2D eigenvalue weighted by Crippen LogP contribution is 2.27. The highest BCUT2D eigenvalue weighted by atomic mass is 19.1. The Morgan fingerprint density at radius 2 is 1.52 bits per heavy atom. The van der Waals surface area contributed by atoms with Crippen LogP contribution in [0.2, 0.25) is 0 Å². The first-order valence-corrected chi connectivity index (χ1v) is 10.1. The Morgan fingerprint density at radius 1 is 1.00 bits per heavy atom. The third-order valence-electron chi connectivity index (χ3n) is 5.25. The minimum absolute atomic E-state index is 0.0155. The molecule has 156 valence electrons. The molecule has 0 amide bonds. The van der Waals surface area contributed by atoms with E-state index in [0.29, 0.717) is 13.2 Å². The number of ether oxygens (including phenoxy) is 2. The Balaban J connectivity index is 1.56. The number of likely N-dealkylation sites (tertiary alicyclic amines) is 1. The number of carbonyl (C=O) groups excluding carboxylic acids is 1. The molecule has 1 aliphatic rings. The van der Waals surface area contributed by atoms with E-state index in [9.17, 15) is 13.6 Å². The molecule has 6 heteroatoms. The topological polar surface area (TPSA) is 38.8 Å². The van der Waals surface area contributed by atoms with E-state index in [1.54, 1.807) is 24.3 Å². The number of esters is 1. The lowest BCUT2D eigenvalue weighted by Crippen LogP contribution is -2.38. The Labute approximate surface area is 170 Å². The number of rotatable bonds is 8. The number of hydrogen-bond acceptors (Lipinski definition) is 4. The van der Waals surface area contributed by atoms with Gasteiger partial charge in [0.2, 0.25) is 0 Å². The van der Waals surface area contributed by atoms with Gasteiger partial charge >= 0.3 is 5.97 Å². The first-order valence-electron chi connectivity index (χ1n) is 10.1. The molecule has 0 bridgehead atoms. The van der Waals surface area contributed by atoms with Crippen LogP contribution in [0.15, 0.2) is 48.5 Å². The Morgan fingerprint density at radius 3 is 2.00 bits per heavy atom. The maximum absolute atomic E-state index is 13.3. The zero-order valence-electron chi connectivity index (χ0n) is 16.7. The fourth-order valence-corrected chi connectivity index (χ4v) is 3.61. The normalized spacial score (nSPS) is 15.6. The second-order valence-electron chi connectivity index (χ2n) is 7.22. The average Bonchev–Trinajstić information content (AvgIpc) is 2.74. The molecular formula is C23H27F2NO3. The molecule has 1 fully saturated rings. The van der Waals surface area contributed by atoms with Crippen LogP contribution in [-0.4, -0.2) is 43.7 Å². The molecule has 0 spiro atoms. The monoisotopic (exact) mass is 403 g/mol. The van der Waals surface area contributed by atoms with Gasteiger partial charge in [0.1, 0.15) is 17.7 Å². The van der Waals surface area contributed by atoms with Gasteiger partial charge in [-0.2, -0.15) is 0 Å². The molecule has 2 aromatic rings. The third-order valence-corrected chi connectivity index (χ3v) is 5.25. The molecule has 0 saturated carbocycles. The third kappa shape index (κ3) is 6.08. The molecule has 1 aliphatic heterocycles. The average molecular weight is 403 g/mol. The van der Waals surface area contributed by atoms with Crippen LogP contribution in [0.25, 0.3) is 0 Å². The van der Waals surface area contributed by atoms with Crippen LogP contribution < -0.4 is 0 Å².